The summed E-state index contributed by atoms with van der Waals surface area (Å²) in [4.78, 5) is 0. The topological polar surface area (TPSA) is 72.2 Å². The molecule has 0 aromatic heterocycles. The first-order valence-electron chi connectivity index (χ1n) is 12.9. The van der Waals surface area contributed by atoms with Crippen LogP contribution in [-0.4, -0.2) is 48.9 Å². The van der Waals surface area contributed by atoms with Crippen molar-refractivity contribution in [3.8, 4) is 0 Å². The maximum Gasteiger partial charge on any atom is 0.115 e. The lowest BCUT2D eigenvalue weighted by Gasteiger charge is -2.45. The van der Waals surface area contributed by atoms with E-state index in [0.29, 0.717) is 38.2 Å². The van der Waals surface area contributed by atoms with Gasteiger partial charge in [0, 0.05) is 5.88 Å². The average Bonchev–Trinajstić information content (AvgIpc) is 2.96. The summed E-state index contributed by atoms with van der Waals surface area (Å²) in [5.41, 5.74) is 8.87. The molecule has 2 N–H and O–H groups in total. The van der Waals surface area contributed by atoms with Gasteiger partial charge >= 0.3 is 0 Å². The molecule has 0 saturated carbocycles. The number of hydrogen-bond acceptors (Lipinski definition) is 8. The smallest absolute Gasteiger partial charge is 0.115 e. The highest BCUT2D eigenvalue weighted by molar-refractivity contribution is 8.76. The molecule has 5 unspecified atom stereocenters. The van der Waals surface area contributed by atoms with Gasteiger partial charge in [0.05, 0.1) is 32.5 Å². The number of hydrogen-bond donors (Lipinski definition) is 1. The van der Waals surface area contributed by atoms with Crippen molar-refractivity contribution in [3.05, 3.63) is 108 Å². The van der Waals surface area contributed by atoms with Crippen LogP contribution in [0.1, 0.15) is 23.6 Å². The number of rotatable bonds is 15. The van der Waals surface area contributed by atoms with Gasteiger partial charge in [0.1, 0.15) is 30.4 Å². The molecule has 4 rings (SSSR count). The summed E-state index contributed by atoms with van der Waals surface area (Å²) < 4.78 is 32.1. The Morgan fingerprint density at radius 3 is 1.63 bits per heavy atom. The van der Waals surface area contributed by atoms with Crippen molar-refractivity contribution in [2.75, 3.05) is 18.4 Å². The van der Waals surface area contributed by atoms with Crippen LogP contribution in [0.5, 0.6) is 0 Å². The molecule has 1 aliphatic heterocycles. The lowest BCUT2D eigenvalue weighted by atomic mass is 9.94. The molecule has 1 heterocycles. The summed E-state index contributed by atoms with van der Waals surface area (Å²) in [5, 5.41) is 0. The summed E-state index contributed by atoms with van der Waals surface area (Å²) in [6, 6.07) is 30.5. The maximum absolute atomic E-state index is 6.61. The summed E-state index contributed by atoms with van der Waals surface area (Å²) in [6.07, 6.45) is -1.59. The molecule has 5 atom stereocenters. The monoisotopic (exact) mass is 555 g/mol. The second-order valence-electron chi connectivity index (χ2n) is 9.05. The molecule has 1 fully saturated rings. The van der Waals surface area contributed by atoms with Gasteiger partial charge in [-0.2, -0.15) is 0 Å². The Morgan fingerprint density at radius 2 is 1.13 bits per heavy atom. The fourth-order valence-electron chi connectivity index (χ4n) is 4.43. The van der Waals surface area contributed by atoms with Crippen molar-refractivity contribution in [3.63, 3.8) is 0 Å². The molecule has 0 radical (unpaired) electrons. The third-order valence-corrected chi connectivity index (χ3v) is 8.05. The van der Waals surface area contributed by atoms with Gasteiger partial charge in [-0.3, -0.25) is 0 Å². The van der Waals surface area contributed by atoms with Gasteiger partial charge in [-0.1, -0.05) is 113 Å². The van der Waals surface area contributed by atoms with Gasteiger partial charge in [0.15, 0.2) is 0 Å². The lowest BCUT2D eigenvalue weighted by Crippen LogP contribution is -2.60. The number of ether oxygens (including phenoxy) is 5. The van der Waals surface area contributed by atoms with E-state index in [-0.39, 0.29) is 30.5 Å². The molecule has 0 amide bonds. The maximum atomic E-state index is 6.61. The van der Waals surface area contributed by atoms with Crippen LogP contribution in [0.4, 0.5) is 0 Å². The molecule has 3 aromatic carbocycles. The molecule has 3 aromatic rings. The first-order valence-corrected chi connectivity index (χ1v) is 15.4. The first-order chi connectivity index (χ1) is 18.7. The molecule has 1 saturated heterocycles. The molecule has 0 aliphatic carbocycles. The second-order valence-corrected chi connectivity index (χ2v) is 11.5. The zero-order chi connectivity index (χ0) is 26.4. The summed E-state index contributed by atoms with van der Waals surface area (Å²) >= 11 is 0. The van der Waals surface area contributed by atoms with E-state index in [1.165, 1.54) is 0 Å². The Bertz CT molecular complexity index is 1030. The third kappa shape index (κ3) is 9.10. The molecule has 8 heteroatoms. The highest BCUT2D eigenvalue weighted by Crippen LogP contribution is 2.31. The van der Waals surface area contributed by atoms with Crippen molar-refractivity contribution in [2.45, 2.75) is 57.3 Å². The fraction of sp³-hybridized carbons (Fsp3) is 0.400. The minimum atomic E-state index is -0.386. The van der Waals surface area contributed by atoms with E-state index in [4.69, 9.17) is 29.4 Å². The highest BCUT2D eigenvalue weighted by Gasteiger charge is 2.46. The quantitative estimate of drug-likeness (QED) is 0.143. The van der Waals surface area contributed by atoms with E-state index in [9.17, 15) is 0 Å². The normalized spacial score (nSPS) is 23.4. The SMILES string of the molecule is CC1OC(COCSSCN)C(OCc2ccccc2)C(OCc2ccccc2)C1OCc1ccccc1. The first kappa shape index (κ1) is 29.1. The molecule has 38 heavy (non-hydrogen) atoms. The molecular weight excluding hydrogens is 518 g/mol. The Labute approximate surface area is 233 Å². The van der Waals surface area contributed by atoms with Crippen LogP contribution in [0, 0.1) is 0 Å². The lowest BCUT2D eigenvalue weighted by molar-refractivity contribution is -0.267. The largest absolute Gasteiger partial charge is 0.368 e. The van der Waals surface area contributed by atoms with E-state index in [0.717, 1.165) is 16.7 Å². The van der Waals surface area contributed by atoms with Crippen LogP contribution >= 0.6 is 21.6 Å². The fourth-order valence-corrected chi connectivity index (χ4v) is 5.46. The average molecular weight is 556 g/mol. The van der Waals surface area contributed by atoms with Crippen molar-refractivity contribution in [1.82, 2.24) is 0 Å². The van der Waals surface area contributed by atoms with Crippen molar-refractivity contribution in [1.29, 1.82) is 0 Å². The van der Waals surface area contributed by atoms with Crippen LogP contribution in [0.2, 0.25) is 0 Å². The van der Waals surface area contributed by atoms with Gasteiger partial charge in [-0.15, -0.1) is 0 Å². The standard InChI is InChI=1S/C30H37NO5S2/c1-23-28(33-17-24-11-5-2-6-12-24)30(35-19-26-15-9-4-10-16-26)29(34-18-25-13-7-3-8-14-25)27(36-23)20-32-22-38-37-21-31/h2-16,23,27-30H,17-22,31H2,1H3. The molecule has 0 bridgehead atoms. The summed E-state index contributed by atoms with van der Waals surface area (Å²) in [5.74, 6) is 1.06. The molecular formula is C30H37NO5S2. The van der Waals surface area contributed by atoms with E-state index in [1.54, 1.807) is 21.6 Å². The summed E-state index contributed by atoms with van der Waals surface area (Å²) in [6.45, 7) is 3.77. The van der Waals surface area contributed by atoms with Crippen LogP contribution in [-0.2, 0) is 43.5 Å². The number of nitrogens with two attached hydrogens (primary N) is 1. The van der Waals surface area contributed by atoms with Crippen LogP contribution < -0.4 is 5.73 Å². The predicted molar refractivity (Wildman–Crippen MR) is 154 cm³/mol. The van der Waals surface area contributed by atoms with Gasteiger partial charge < -0.3 is 29.4 Å². The minimum absolute atomic E-state index is 0.212. The zero-order valence-corrected chi connectivity index (χ0v) is 23.4. The number of benzene rings is 3. The van der Waals surface area contributed by atoms with E-state index >= 15 is 0 Å². The minimum Gasteiger partial charge on any atom is -0.368 e. The van der Waals surface area contributed by atoms with Crippen molar-refractivity contribution < 1.29 is 23.7 Å². The zero-order valence-electron chi connectivity index (χ0n) is 21.7. The Kier molecular flexibility index (Phi) is 12.5. The van der Waals surface area contributed by atoms with E-state index < -0.39 is 0 Å². The predicted octanol–water partition coefficient (Wildman–Crippen LogP) is 5.80. The van der Waals surface area contributed by atoms with E-state index in [1.807, 2.05) is 61.5 Å². The van der Waals surface area contributed by atoms with Gasteiger partial charge in [0.25, 0.3) is 0 Å². The highest BCUT2D eigenvalue weighted by atomic mass is 33.1. The Hall–Kier alpha value is -1.88. The van der Waals surface area contributed by atoms with Gasteiger partial charge in [-0.25, -0.2) is 0 Å². The second kappa shape index (κ2) is 16.3. The molecule has 0 spiro atoms. The van der Waals surface area contributed by atoms with Gasteiger partial charge in [0.2, 0.25) is 0 Å². The van der Waals surface area contributed by atoms with Crippen molar-refractivity contribution in [2.24, 2.45) is 5.73 Å². The van der Waals surface area contributed by atoms with Gasteiger partial charge in [-0.05, 0) is 23.6 Å². The van der Waals surface area contributed by atoms with Crippen LogP contribution in [0.3, 0.4) is 0 Å². The molecule has 6 nitrogen and oxygen atoms in total. The van der Waals surface area contributed by atoms with Crippen LogP contribution in [0.15, 0.2) is 91.0 Å². The van der Waals surface area contributed by atoms with E-state index in [2.05, 4.69) is 36.4 Å². The third-order valence-electron chi connectivity index (χ3n) is 6.29. The molecule has 1 aliphatic rings. The Morgan fingerprint density at radius 1 is 0.658 bits per heavy atom. The summed E-state index contributed by atoms with van der Waals surface area (Å²) in [7, 11) is 3.15. The van der Waals surface area contributed by atoms with Crippen LogP contribution in [0.25, 0.3) is 0 Å². The molecule has 204 valence electrons. The Balaban J connectivity index is 1.53. The van der Waals surface area contributed by atoms with Crippen molar-refractivity contribution >= 4 is 21.6 Å².